The topological polar surface area (TPSA) is 82.0 Å². The second kappa shape index (κ2) is 6.40. The Bertz CT molecular complexity index is 171. The molecule has 2 unspecified atom stereocenters. The van der Waals surface area contributed by atoms with Crippen molar-refractivity contribution in [1.82, 2.24) is 5.32 Å². The van der Waals surface area contributed by atoms with E-state index in [1.165, 1.54) is 13.5 Å². The molecule has 1 aliphatic carbocycles. The summed E-state index contributed by atoms with van der Waals surface area (Å²) in [7, 11) is 1.36. The van der Waals surface area contributed by atoms with E-state index < -0.39 is 18.7 Å². The summed E-state index contributed by atoms with van der Waals surface area (Å²) in [5, 5.41) is 30.4. The predicted molar refractivity (Wildman–Crippen MR) is 54.7 cm³/mol. The lowest BCUT2D eigenvalue weighted by Gasteiger charge is -2.33. The normalized spacial score (nSPS) is 23.0. The van der Waals surface area contributed by atoms with Gasteiger partial charge in [0.05, 0.1) is 6.04 Å². The van der Waals surface area contributed by atoms with Gasteiger partial charge < -0.3 is 20.1 Å². The van der Waals surface area contributed by atoms with E-state index in [0.29, 0.717) is 0 Å². The fourth-order valence-electron chi connectivity index (χ4n) is 2.19. The Kier molecular flexibility index (Phi) is 5.49. The molecule has 0 spiro atoms. The number of hydrogen-bond donors (Lipinski definition) is 4. The molecule has 0 saturated heterocycles. The van der Waals surface area contributed by atoms with Gasteiger partial charge in [-0.15, -0.1) is 0 Å². The number of rotatable bonds is 5. The van der Waals surface area contributed by atoms with Gasteiger partial charge >= 0.3 is 0 Å². The van der Waals surface area contributed by atoms with Crippen molar-refractivity contribution in [2.75, 3.05) is 7.11 Å². The molecule has 2 atom stereocenters. The van der Waals surface area contributed by atoms with E-state index in [-0.39, 0.29) is 5.92 Å². The van der Waals surface area contributed by atoms with Crippen molar-refractivity contribution < 1.29 is 20.1 Å². The van der Waals surface area contributed by atoms with Crippen LogP contribution < -0.4 is 5.32 Å². The first-order chi connectivity index (χ1) is 7.15. The molecule has 1 aliphatic rings. The monoisotopic (exact) mass is 219 g/mol. The molecular weight excluding hydrogens is 198 g/mol. The molecule has 1 saturated carbocycles. The number of aliphatic hydroxyl groups is 3. The maximum atomic E-state index is 9.25. The van der Waals surface area contributed by atoms with Gasteiger partial charge in [0.25, 0.3) is 0 Å². The summed E-state index contributed by atoms with van der Waals surface area (Å²) in [6.45, 7) is 0. The zero-order valence-corrected chi connectivity index (χ0v) is 9.09. The van der Waals surface area contributed by atoms with E-state index in [2.05, 4.69) is 10.1 Å². The summed E-state index contributed by atoms with van der Waals surface area (Å²) in [6, 6.07) is -0.514. The molecule has 0 aromatic heterocycles. The van der Waals surface area contributed by atoms with Crippen molar-refractivity contribution in [3.8, 4) is 0 Å². The highest BCUT2D eigenvalue weighted by Gasteiger charge is 2.29. The van der Waals surface area contributed by atoms with Crippen LogP contribution in [0.25, 0.3) is 0 Å². The molecule has 0 aromatic carbocycles. The van der Waals surface area contributed by atoms with Crippen molar-refractivity contribution >= 4 is 0 Å². The molecule has 5 nitrogen and oxygen atoms in total. The van der Waals surface area contributed by atoms with E-state index >= 15 is 0 Å². The Balaban J connectivity index is 2.48. The number of ether oxygens (including phenoxy) is 1. The maximum absolute atomic E-state index is 9.25. The van der Waals surface area contributed by atoms with Gasteiger partial charge in [-0.3, -0.25) is 5.32 Å². The van der Waals surface area contributed by atoms with Gasteiger partial charge in [0.1, 0.15) is 0 Å². The molecule has 15 heavy (non-hydrogen) atoms. The number of hydrogen-bond acceptors (Lipinski definition) is 5. The smallest absolute Gasteiger partial charge is 0.213 e. The SMILES string of the molecule is COC(O)NC(C(O)O)C1CCCCC1. The minimum absolute atomic E-state index is 0.198. The molecule has 0 aliphatic heterocycles. The quantitative estimate of drug-likeness (QED) is 0.480. The van der Waals surface area contributed by atoms with Crippen LogP contribution in [0.3, 0.4) is 0 Å². The van der Waals surface area contributed by atoms with Gasteiger partial charge in [-0.25, -0.2) is 0 Å². The van der Waals surface area contributed by atoms with Crippen molar-refractivity contribution in [3.05, 3.63) is 0 Å². The molecule has 90 valence electrons. The highest BCUT2D eigenvalue weighted by Crippen LogP contribution is 2.27. The summed E-state index contributed by atoms with van der Waals surface area (Å²) in [5.74, 6) is 0.198. The largest absolute Gasteiger partial charge is 0.367 e. The lowest BCUT2D eigenvalue weighted by Crippen LogP contribution is -2.50. The van der Waals surface area contributed by atoms with Crippen LogP contribution in [0.1, 0.15) is 32.1 Å². The van der Waals surface area contributed by atoms with Crippen LogP contribution in [0.15, 0.2) is 0 Å². The fourth-order valence-corrected chi connectivity index (χ4v) is 2.19. The van der Waals surface area contributed by atoms with E-state index in [1.54, 1.807) is 0 Å². The summed E-state index contributed by atoms with van der Waals surface area (Å²) >= 11 is 0. The Labute approximate surface area is 90.1 Å². The Morgan fingerprint density at radius 1 is 1.13 bits per heavy atom. The Morgan fingerprint density at radius 3 is 2.20 bits per heavy atom. The third-order valence-corrected chi connectivity index (χ3v) is 3.04. The van der Waals surface area contributed by atoms with Crippen molar-refractivity contribution in [3.63, 3.8) is 0 Å². The zero-order chi connectivity index (χ0) is 11.3. The van der Waals surface area contributed by atoms with Gasteiger partial charge in [-0.1, -0.05) is 19.3 Å². The van der Waals surface area contributed by atoms with E-state index in [1.807, 2.05) is 0 Å². The molecule has 0 heterocycles. The average Bonchev–Trinajstić information content (AvgIpc) is 2.26. The van der Waals surface area contributed by atoms with Crippen molar-refractivity contribution in [2.24, 2.45) is 5.92 Å². The van der Waals surface area contributed by atoms with Gasteiger partial charge in [0.15, 0.2) is 6.29 Å². The summed E-state index contributed by atoms with van der Waals surface area (Å²) in [4.78, 5) is 0. The Morgan fingerprint density at radius 2 is 1.73 bits per heavy atom. The van der Waals surface area contributed by atoms with Crippen molar-refractivity contribution in [1.29, 1.82) is 0 Å². The summed E-state index contributed by atoms with van der Waals surface area (Å²) < 4.78 is 4.64. The molecule has 1 rings (SSSR count). The highest BCUT2D eigenvalue weighted by molar-refractivity contribution is 4.80. The van der Waals surface area contributed by atoms with Gasteiger partial charge in [-0.05, 0) is 18.8 Å². The first-order valence-electron chi connectivity index (χ1n) is 5.48. The van der Waals surface area contributed by atoms with Crippen LogP contribution in [-0.2, 0) is 4.74 Å². The predicted octanol–water partition coefficient (Wildman–Crippen LogP) is -0.242. The van der Waals surface area contributed by atoms with Gasteiger partial charge in [0, 0.05) is 7.11 Å². The molecule has 5 heteroatoms. The van der Waals surface area contributed by atoms with E-state index in [0.717, 1.165) is 25.7 Å². The Hall–Kier alpha value is -0.200. The molecule has 0 amide bonds. The second-order valence-electron chi connectivity index (χ2n) is 4.09. The van der Waals surface area contributed by atoms with Gasteiger partial charge in [-0.2, -0.15) is 0 Å². The minimum atomic E-state index is -1.46. The number of nitrogens with one attached hydrogen (secondary N) is 1. The lowest BCUT2D eigenvalue weighted by molar-refractivity contribution is -0.148. The first-order valence-corrected chi connectivity index (χ1v) is 5.48. The van der Waals surface area contributed by atoms with Gasteiger partial charge in [0.2, 0.25) is 6.41 Å². The lowest BCUT2D eigenvalue weighted by atomic mass is 9.83. The standard InChI is InChI=1S/C10H21NO4/c1-15-10(14)11-8(9(12)13)7-5-3-2-4-6-7/h7-14H,2-6H2,1H3. The fraction of sp³-hybridized carbons (Fsp3) is 1.00. The third kappa shape index (κ3) is 4.04. The average molecular weight is 219 g/mol. The number of methoxy groups -OCH3 is 1. The molecule has 4 N–H and O–H groups in total. The molecular formula is C10H21NO4. The van der Waals surface area contributed by atoms with Crippen LogP contribution >= 0.6 is 0 Å². The van der Waals surface area contributed by atoms with E-state index in [9.17, 15) is 15.3 Å². The molecule has 0 aromatic rings. The van der Waals surface area contributed by atoms with Crippen LogP contribution in [0.2, 0.25) is 0 Å². The van der Waals surface area contributed by atoms with E-state index in [4.69, 9.17) is 0 Å². The molecule has 0 radical (unpaired) electrons. The van der Waals surface area contributed by atoms with Crippen LogP contribution in [0.5, 0.6) is 0 Å². The van der Waals surface area contributed by atoms with Crippen LogP contribution in [0.4, 0.5) is 0 Å². The summed E-state index contributed by atoms with van der Waals surface area (Å²) in [6.07, 6.45) is 2.75. The maximum Gasteiger partial charge on any atom is 0.213 e. The third-order valence-electron chi connectivity index (χ3n) is 3.04. The number of aliphatic hydroxyl groups excluding tert-OH is 2. The molecule has 0 bridgehead atoms. The summed E-state index contributed by atoms with van der Waals surface area (Å²) in [5.41, 5.74) is 0. The molecule has 1 fully saturated rings. The first kappa shape index (κ1) is 12.9. The zero-order valence-electron chi connectivity index (χ0n) is 9.09. The van der Waals surface area contributed by atoms with Crippen LogP contribution in [0, 0.1) is 5.92 Å². The van der Waals surface area contributed by atoms with Crippen LogP contribution in [-0.4, -0.2) is 41.2 Å². The minimum Gasteiger partial charge on any atom is -0.367 e. The second-order valence-corrected chi connectivity index (χ2v) is 4.09. The highest BCUT2D eigenvalue weighted by atomic mass is 16.6. The van der Waals surface area contributed by atoms with Crippen molar-refractivity contribution in [2.45, 2.75) is 50.8 Å².